The molecule has 26 heavy (non-hydrogen) atoms. The zero-order valence-electron chi connectivity index (χ0n) is 14.0. The van der Waals surface area contributed by atoms with Gasteiger partial charge < -0.3 is 25.3 Å². The molecule has 0 radical (unpaired) electrons. The van der Waals surface area contributed by atoms with E-state index in [1.165, 1.54) is 13.2 Å². The maximum absolute atomic E-state index is 11.8. The Morgan fingerprint density at radius 3 is 2.58 bits per heavy atom. The topological polar surface area (TPSA) is 117 Å². The molecular formula is C17H18N2O6S. The lowest BCUT2D eigenvalue weighted by molar-refractivity contribution is -0.147. The minimum atomic E-state index is -0.646. The maximum Gasteiger partial charge on any atom is 0.309 e. The van der Waals surface area contributed by atoms with Gasteiger partial charge >= 0.3 is 5.97 Å². The average molecular weight is 378 g/mol. The van der Waals surface area contributed by atoms with E-state index in [-0.39, 0.29) is 18.6 Å². The van der Waals surface area contributed by atoms with Gasteiger partial charge in [0.2, 0.25) is 0 Å². The summed E-state index contributed by atoms with van der Waals surface area (Å²) in [6.07, 6.45) is -0.0309. The van der Waals surface area contributed by atoms with Crippen molar-refractivity contribution in [2.75, 3.05) is 25.6 Å². The van der Waals surface area contributed by atoms with Gasteiger partial charge in [0.25, 0.3) is 11.8 Å². The van der Waals surface area contributed by atoms with Gasteiger partial charge in [-0.05, 0) is 23.6 Å². The number of nitrogens with one attached hydrogen (secondary N) is 1. The number of amides is 2. The highest BCUT2D eigenvalue weighted by atomic mass is 32.1. The van der Waals surface area contributed by atoms with Crippen LogP contribution in [0.5, 0.6) is 11.5 Å². The van der Waals surface area contributed by atoms with E-state index in [0.29, 0.717) is 16.5 Å². The molecule has 2 amide bonds. The van der Waals surface area contributed by atoms with E-state index in [0.717, 1.165) is 11.3 Å². The van der Waals surface area contributed by atoms with Gasteiger partial charge in [-0.2, -0.15) is 0 Å². The quantitative estimate of drug-likeness (QED) is 0.643. The highest BCUT2D eigenvalue weighted by molar-refractivity contribution is 7.14. The summed E-state index contributed by atoms with van der Waals surface area (Å²) in [5.41, 5.74) is 5.40. The fourth-order valence-corrected chi connectivity index (χ4v) is 2.77. The summed E-state index contributed by atoms with van der Waals surface area (Å²) < 4.78 is 15.5. The van der Waals surface area contributed by atoms with Crippen LogP contribution in [0.2, 0.25) is 0 Å². The highest BCUT2D eigenvalue weighted by Crippen LogP contribution is 2.25. The van der Waals surface area contributed by atoms with E-state index in [9.17, 15) is 14.4 Å². The number of thiophene rings is 1. The second kappa shape index (κ2) is 9.42. The number of rotatable bonds is 9. The first-order valence-corrected chi connectivity index (χ1v) is 8.47. The Labute approximate surface area is 153 Å². The lowest BCUT2D eigenvalue weighted by Crippen LogP contribution is -2.22. The highest BCUT2D eigenvalue weighted by Gasteiger charge is 2.14. The molecule has 0 bridgehead atoms. The molecule has 9 heteroatoms. The number of hydrogen-bond acceptors (Lipinski definition) is 7. The standard InChI is InChI=1S/C17H18N2O6S/c1-23-12-4-2-3-5-13(12)24-8-6-15(21)25-10-14(20)19-17-11(16(18)22)7-9-26-17/h2-5,7,9H,6,8,10H2,1H3,(H2,18,22)(H,19,20). The molecule has 1 aromatic heterocycles. The molecule has 0 aliphatic heterocycles. The molecule has 3 N–H and O–H groups in total. The van der Waals surface area contributed by atoms with Crippen LogP contribution in [0.4, 0.5) is 5.00 Å². The van der Waals surface area contributed by atoms with Crippen molar-refractivity contribution in [2.24, 2.45) is 5.73 Å². The average Bonchev–Trinajstić information content (AvgIpc) is 3.08. The van der Waals surface area contributed by atoms with Crippen molar-refractivity contribution in [1.29, 1.82) is 0 Å². The molecule has 0 aliphatic carbocycles. The number of carbonyl (C=O) groups is 3. The molecule has 0 aliphatic rings. The van der Waals surface area contributed by atoms with E-state index in [1.54, 1.807) is 29.6 Å². The van der Waals surface area contributed by atoms with E-state index in [2.05, 4.69) is 5.32 Å². The van der Waals surface area contributed by atoms with Crippen molar-refractivity contribution in [2.45, 2.75) is 6.42 Å². The SMILES string of the molecule is COc1ccccc1OCCC(=O)OCC(=O)Nc1sccc1C(N)=O. The van der Waals surface area contributed by atoms with Crippen LogP contribution in [0.25, 0.3) is 0 Å². The van der Waals surface area contributed by atoms with Gasteiger partial charge in [-0.25, -0.2) is 0 Å². The molecular weight excluding hydrogens is 360 g/mol. The lowest BCUT2D eigenvalue weighted by atomic mass is 10.3. The van der Waals surface area contributed by atoms with Crippen LogP contribution >= 0.6 is 11.3 Å². The number of benzene rings is 1. The molecule has 0 fully saturated rings. The molecule has 0 unspecified atom stereocenters. The van der Waals surface area contributed by atoms with Gasteiger partial charge in [-0.15, -0.1) is 11.3 Å². The normalized spacial score (nSPS) is 10.0. The predicted molar refractivity (Wildman–Crippen MR) is 95.5 cm³/mol. The summed E-state index contributed by atoms with van der Waals surface area (Å²) in [5, 5.41) is 4.42. The number of hydrogen-bond donors (Lipinski definition) is 2. The summed E-state index contributed by atoms with van der Waals surface area (Å²) in [4.78, 5) is 34.7. The molecule has 0 spiro atoms. The van der Waals surface area contributed by atoms with E-state index >= 15 is 0 Å². The van der Waals surface area contributed by atoms with Crippen molar-refractivity contribution in [3.05, 3.63) is 41.3 Å². The number of esters is 1. The first-order valence-electron chi connectivity index (χ1n) is 7.60. The second-order valence-electron chi connectivity index (χ2n) is 4.99. The van der Waals surface area contributed by atoms with Crippen LogP contribution in [0.3, 0.4) is 0 Å². The smallest absolute Gasteiger partial charge is 0.309 e. The van der Waals surface area contributed by atoms with Crippen molar-refractivity contribution >= 4 is 34.1 Å². The predicted octanol–water partition coefficient (Wildman–Crippen LogP) is 1.81. The van der Waals surface area contributed by atoms with Crippen LogP contribution < -0.4 is 20.5 Å². The largest absolute Gasteiger partial charge is 0.493 e. The third-order valence-corrected chi connectivity index (χ3v) is 4.01. The number of anilines is 1. The number of carbonyl (C=O) groups excluding carboxylic acids is 3. The zero-order valence-corrected chi connectivity index (χ0v) is 14.8. The van der Waals surface area contributed by atoms with E-state index < -0.39 is 24.4 Å². The maximum atomic E-state index is 11.8. The molecule has 2 rings (SSSR count). The third kappa shape index (κ3) is 5.49. The van der Waals surface area contributed by atoms with Gasteiger partial charge in [-0.3, -0.25) is 14.4 Å². The number of primary amides is 1. The van der Waals surface area contributed by atoms with Gasteiger partial charge in [0, 0.05) is 0 Å². The Hall–Kier alpha value is -3.07. The lowest BCUT2D eigenvalue weighted by Gasteiger charge is -2.10. The first-order chi connectivity index (χ1) is 12.5. The Kier molecular flexibility index (Phi) is 6.98. The van der Waals surface area contributed by atoms with Gasteiger partial charge in [0.15, 0.2) is 18.1 Å². The molecule has 2 aromatic rings. The Morgan fingerprint density at radius 2 is 1.88 bits per heavy atom. The van der Waals surface area contributed by atoms with Crippen molar-refractivity contribution in [3.8, 4) is 11.5 Å². The van der Waals surface area contributed by atoms with Gasteiger partial charge in [0.1, 0.15) is 5.00 Å². The summed E-state index contributed by atoms with van der Waals surface area (Å²) >= 11 is 1.15. The van der Waals surface area contributed by atoms with Crippen molar-refractivity contribution in [1.82, 2.24) is 0 Å². The Balaban J connectivity index is 1.72. The van der Waals surface area contributed by atoms with Crippen LogP contribution in [0, 0.1) is 0 Å². The number of methoxy groups -OCH3 is 1. The molecule has 8 nitrogen and oxygen atoms in total. The van der Waals surface area contributed by atoms with Crippen LogP contribution in [-0.4, -0.2) is 38.1 Å². The van der Waals surface area contributed by atoms with Crippen LogP contribution in [0.1, 0.15) is 16.8 Å². The second-order valence-corrected chi connectivity index (χ2v) is 5.90. The number of nitrogens with two attached hydrogens (primary N) is 1. The van der Waals surface area contributed by atoms with Crippen molar-refractivity contribution in [3.63, 3.8) is 0 Å². The van der Waals surface area contributed by atoms with Crippen molar-refractivity contribution < 1.29 is 28.6 Å². The minimum Gasteiger partial charge on any atom is -0.493 e. The minimum absolute atomic E-state index is 0.0309. The Bertz CT molecular complexity index is 789. The molecule has 0 saturated carbocycles. The third-order valence-electron chi connectivity index (χ3n) is 3.18. The van der Waals surface area contributed by atoms with Gasteiger partial charge in [-0.1, -0.05) is 12.1 Å². The van der Waals surface area contributed by atoms with Crippen LogP contribution in [-0.2, 0) is 14.3 Å². The summed E-state index contributed by atoms with van der Waals surface area (Å²) in [6.45, 7) is -0.388. The first kappa shape index (κ1) is 19.3. The molecule has 0 atom stereocenters. The van der Waals surface area contributed by atoms with Crippen LogP contribution in [0.15, 0.2) is 35.7 Å². The fourth-order valence-electron chi connectivity index (χ4n) is 1.96. The summed E-state index contributed by atoms with van der Waals surface area (Å²) in [6, 6.07) is 8.54. The Morgan fingerprint density at radius 1 is 1.15 bits per heavy atom. The summed E-state index contributed by atoms with van der Waals surface area (Å²) in [7, 11) is 1.52. The van der Waals surface area contributed by atoms with E-state index in [4.69, 9.17) is 19.9 Å². The van der Waals surface area contributed by atoms with E-state index in [1.807, 2.05) is 0 Å². The molecule has 0 saturated heterocycles. The van der Waals surface area contributed by atoms with Gasteiger partial charge in [0.05, 0.1) is 25.7 Å². The fraction of sp³-hybridized carbons (Fsp3) is 0.235. The molecule has 1 heterocycles. The molecule has 138 valence electrons. The number of para-hydroxylation sites is 2. The zero-order chi connectivity index (χ0) is 18.9. The monoisotopic (exact) mass is 378 g/mol. The summed E-state index contributed by atoms with van der Waals surface area (Å²) in [5.74, 6) is -0.726. The number of ether oxygens (including phenoxy) is 3. The molecule has 1 aromatic carbocycles.